The molecule has 0 fully saturated rings. The summed E-state index contributed by atoms with van der Waals surface area (Å²) in [5.41, 5.74) is 8.71. The minimum atomic E-state index is -0.694. The molecule has 0 bridgehead atoms. The maximum Gasteiger partial charge on any atom is 0.322 e. The Labute approximate surface area is 135 Å². The SMILES string of the molecule is COC(=O)[C@@H](N)Cc1ccc(-c2ccccc2)cc1Cl.Cl. The molecule has 2 aromatic carbocycles. The Kier molecular flexibility index (Phi) is 6.69. The van der Waals surface area contributed by atoms with Gasteiger partial charge in [-0.25, -0.2) is 0 Å². The third kappa shape index (κ3) is 4.46. The Morgan fingerprint density at radius 2 is 1.86 bits per heavy atom. The predicted octanol–water partition coefficient (Wildman–Crippen LogP) is 3.47. The highest BCUT2D eigenvalue weighted by Gasteiger charge is 2.16. The van der Waals surface area contributed by atoms with Gasteiger partial charge < -0.3 is 10.5 Å². The van der Waals surface area contributed by atoms with E-state index in [1.807, 2.05) is 48.5 Å². The van der Waals surface area contributed by atoms with Crippen molar-refractivity contribution in [2.75, 3.05) is 7.11 Å². The number of rotatable bonds is 4. The van der Waals surface area contributed by atoms with Crippen LogP contribution in [0.15, 0.2) is 48.5 Å². The minimum absolute atomic E-state index is 0. The second-order valence-corrected chi connectivity index (χ2v) is 4.91. The molecule has 112 valence electrons. The number of nitrogens with two attached hydrogens (primary N) is 1. The molecule has 0 aliphatic heterocycles. The number of carbonyl (C=O) groups is 1. The van der Waals surface area contributed by atoms with Crippen LogP contribution in [0, 0.1) is 0 Å². The van der Waals surface area contributed by atoms with Crippen molar-refractivity contribution in [3.63, 3.8) is 0 Å². The summed E-state index contributed by atoms with van der Waals surface area (Å²) in [6, 6.07) is 15.0. The molecule has 0 saturated heterocycles. The molecule has 5 heteroatoms. The van der Waals surface area contributed by atoms with Gasteiger partial charge in [0.15, 0.2) is 0 Å². The Hall–Kier alpha value is -1.55. The average molecular weight is 326 g/mol. The highest BCUT2D eigenvalue weighted by atomic mass is 35.5. The van der Waals surface area contributed by atoms with Gasteiger partial charge in [0.2, 0.25) is 0 Å². The molecule has 0 heterocycles. The zero-order valence-corrected chi connectivity index (χ0v) is 13.2. The molecule has 0 aromatic heterocycles. The normalized spacial score (nSPS) is 11.4. The van der Waals surface area contributed by atoms with Crippen LogP contribution in [0.2, 0.25) is 5.02 Å². The van der Waals surface area contributed by atoms with E-state index in [4.69, 9.17) is 17.3 Å². The largest absolute Gasteiger partial charge is 0.468 e. The first kappa shape index (κ1) is 17.5. The minimum Gasteiger partial charge on any atom is -0.468 e. The van der Waals surface area contributed by atoms with E-state index in [-0.39, 0.29) is 12.4 Å². The molecule has 3 nitrogen and oxygen atoms in total. The highest BCUT2D eigenvalue weighted by Crippen LogP contribution is 2.26. The van der Waals surface area contributed by atoms with Gasteiger partial charge in [0.05, 0.1) is 7.11 Å². The van der Waals surface area contributed by atoms with Gasteiger partial charge in [-0.05, 0) is 29.2 Å². The van der Waals surface area contributed by atoms with E-state index < -0.39 is 12.0 Å². The van der Waals surface area contributed by atoms with Crippen molar-refractivity contribution in [2.45, 2.75) is 12.5 Å². The summed E-state index contributed by atoms with van der Waals surface area (Å²) >= 11 is 6.26. The van der Waals surface area contributed by atoms with Gasteiger partial charge in [0.25, 0.3) is 0 Å². The molecule has 2 rings (SSSR count). The van der Waals surface area contributed by atoms with Gasteiger partial charge in [-0.2, -0.15) is 0 Å². The summed E-state index contributed by atoms with van der Waals surface area (Å²) in [6.45, 7) is 0. The lowest BCUT2D eigenvalue weighted by molar-refractivity contribution is -0.142. The smallest absolute Gasteiger partial charge is 0.322 e. The molecule has 2 N–H and O–H groups in total. The fraction of sp³-hybridized carbons (Fsp3) is 0.188. The maximum atomic E-state index is 11.3. The van der Waals surface area contributed by atoms with Crippen molar-refractivity contribution in [3.05, 3.63) is 59.1 Å². The van der Waals surface area contributed by atoms with Crippen molar-refractivity contribution in [1.82, 2.24) is 0 Å². The van der Waals surface area contributed by atoms with E-state index in [1.165, 1.54) is 7.11 Å². The molecule has 0 aliphatic rings. The summed E-state index contributed by atoms with van der Waals surface area (Å²) in [5, 5.41) is 0.603. The Balaban J connectivity index is 0.00000220. The first-order valence-electron chi connectivity index (χ1n) is 6.29. The van der Waals surface area contributed by atoms with Gasteiger partial charge in [-0.1, -0.05) is 54.1 Å². The molecule has 21 heavy (non-hydrogen) atoms. The molecule has 2 aromatic rings. The second kappa shape index (κ2) is 8.03. The van der Waals surface area contributed by atoms with Crippen molar-refractivity contribution >= 4 is 30.0 Å². The molecule has 1 atom stereocenters. The van der Waals surface area contributed by atoms with Crippen molar-refractivity contribution in [3.8, 4) is 11.1 Å². The number of halogens is 2. The third-order valence-electron chi connectivity index (χ3n) is 3.10. The maximum absolute atomic E-state index is 11.3. The monoisotopic (exact) mass is 325 g/mol. The van der Waals surface area contributed by atoms with Gasteiger partial charge in [0.1, 0.15) is 6.04 Å². The molecule has 0 amide bonds. The summed E-state index contributed by atoms with van der Waals surface area (Å²) in [5.74, 6) is -0.437. The van der Waals surface area contributed by atoms with E-state index >= 15 is 0 Å². The lowest BCUT2D eigenvalue weighted by atomic mass is 10.0. The van der Waals surface area contributed by atoms with Gasteiger partial charge in [0, 0.05) is 5.02 Å². The molecular weight excluding hydrogens is 309 g/mol. The van der Waals surface area contributed by atoms with E-state index in [2.05, 4.69) is 4.74 Å². The van der Waals surface area contributed by atoms with Crippen LogP contribution >= 0.6 is 24.0 Å². The first-order chi connectivity index (χ1) is 9.61. The van der Waals surface area contributed by atoms with Crippen LogP contribution in [0.4, 0.5) is 0 Å². The van der Waals surface area contributed by atoms with E-state index in [0.717, 1.165) is 16.7 Å². The highest BCUT2D eigenvalue weighted by molar-refractivity contribution is 6.31. The Morgan fingerprint density at radius 1 is 1.19 bits per heavy atom. The summed E-state index contributed by atoms with van der Waals surface area (Å²) < 4.78 is 4.61. The number of hydrogen-bond acceptors (Lipinski definition) is 3. The quantitative estimate of drug-likeness (QED) is 0.875. The van der Waals surface area contributed by atoms with E-state index in [0.29, 0.717) is 11.4 Å². The van der Waals surface area contributed by atoms with Crippen molar-refractivity contribution in [2.24, 2.45) is 5.73 Å². The summed E-state index contributed by atoms with van der Waals surface area (Å²) in [7, 11) is 1.32. The number of carbonyl (C=O) groups excluding carboxylic acids is 1. The second-order valence-electron chi connectivity index (χ2n) is 4.51. The molecule has 0 spiro atoms. The van der Waals surface area contributed by atoms with E-state index in [9.17, 15) is 4.79 Å². The molecule has 0 saturated carbocycles. The third-order valence-corrected chi connectivity index (χ3v) is 3.46. The first-order valence-corrected chi connectivity index (χ1v) is 6.67. The van der Waals surface area contributed by atoms with Crippen molar-refractivity contribution < 1.29 is 9.53 Å². The summed E-state index contributed by atoms with van der Waals surface area (Å²) in [6.07, 6.45) is 0.362. The molecule has 0 unspecified atom stereocenters. The van der Waals surface area contributed by atoms with E-state index in [1.54, 1.807) is 0 Å². The van der Waals surface area contributed by atoms with Gasteiger partial charge in [-0.15, -0.1) is 12.4 Å². The number of hydrogen-bond donors (Lipinski definition) is 1. The predicted molar refractivity (Wildman–Crippen MR) is 87.8 cm³/mol. The van der Waals surface area contributed by atoms with Gasteiger partial charge >= 0.3 is 5.97 Å². The zero-order valence-electron chi connectivity index (χ0n) is 11.6. The number of ether oxygens (including phenoxy) is 1. The topological polar surface area (TPSA) is 52.3 Å². The van der Waals surface area contributed by atoms with Gasteiger partial charge in [-0.3, -0.25) is 4.79 Å². The van der Waals surface area contributed by atoms with Crippen LogP contribution in [-0.4, -0.2) is 19.1 Å². The number of methoxy groups -OCH3 is 1. The number of esters is 1. The lowest BCUT2D eigenvalue weighted by Gasteiger charge is -2.11. The van der Waals surface area contributed by atoms with Crippen LogP contribution in [0.3, 0.4) is 0 Å². The molecule has 0 aliphatic carbocycles. The Bertz CT molecular complexity index is 602. The summed E-state index contributed by atoms with van der Waals surface area (Å²) in [4.78, 5) is 11.3. The van der Waals surface area contributed by atoms with Crippen molar-refractivity contribution in [1.29, 1.82) is 0 Å². The standard InChI is InChI=1S/C16H16ClNO2.ClH/c1-20-16(19)15(18)10-13-8-7-12(9-14(13)17)11-5-3-2-4-6-11;/h2-9,15H,10,18H2,1H3;1H/t15-;/m0./s1. The molecule has 0 radical (unpaired) electrons. The number of benzene rings is 2. The fourth-order valence-electron chi connectivity index (χ4n) is 1.99. The molecular formula is C16H17Cl2NO2. The van der Waals surface area contributed by atoms with Crippen LogP contribution in [0.1, 0.15) is 5.56 Å². The average Bonchev–Trinajstić information content (AvgIpc) is 2.49. The van der Waals surface area contributed by atoms with Crippen LogP contribution in [0.25, 0.3) is 11.1 Å². The fourth-order valence-corrected chi connectivity index (χ4v) is 2.25. The van der Waals surface area contributed by atoms with Crippen LogP contribution < -0.4 is 5.73 Å². The Morgan fingerprint density at radius 3 is 2.43 bits per heavy atom. The van der Waals surface area contributed by atoms with Crippen LogP contribution in [-0.2, 0) is 16.0 Å². The zero-order chi connectivity index (χ0) is 14.5. The van der Waals surface area contributed by atoms with Crippen LogP contribution in [0.5, 0.6) is 0 Å². The lowest BCUT2D eigenvalue weighted by Crippen LogP contribution is -2.33.